The number of fused-ring (bicyclic) bond motifs is 1. The molecule has 1 fully saturated rings. The third-order valence-corrected chi connectivity index (χ3v) is 5.84. The Kier molecular flexibility index (Phi) is 7.92. The molecule has 0 atom stereocenters. The van der Waals surface area contributed by atoms with E-state index in [-0.39, 0.29) is 18.3 Å². The lowest BCUT2D eigenvalue weighted by Gasteiger charge is -2.27. The second-order valence-corrected chi connectivity index (χ2v) is 7.69. The summed E-state index contributed by atoms with van der Waals surface area (Å²) in [5, 5.41) is 0.658. The molecular weight excluding hydrogens is 426 g/mol. The number of morpholine rings is 1. The summed E-state index contributed by atoms with van der Waals surface area (Å²) < 4.78 is 11.7. The average molecular weight is 450 g/mol. The maximum Gasteiger partial charge on any atom is 0.280 e. The Morgan fingerprint density at radius 3 is 2.87 bits per heavy atom. The van der Waals surface area contributed by atoms with Crippen LogP contribution in [0.2, 0.25) is 0 Å². The second kappa shape index (κ2) is 10.6. The SMILES string of the molecule is COc1ccc2nc(N(CCCN3CCOCC3)C(=O)c3cnccn3)sc2c1.Cl. The number of ether oxygens (including phenoxy) is 2. The molecule has 160 valence electrons. The van der Waals surface area contributed by atoms with E-state index in [2.05, 4.69) is 19.9 Å². The second-order valence-electron chi connectivity index (χ2n) is 6.69. The van der Waals surface area contributed by atoms with Crippen LogP contribution in [0.5, 0.6) is 5.75 Å². The van der Waals surface area contributed by atoms with Crippen molar-refractivity contribution in [2.75, 3.05) is 51.4 Å². The Morgan fingerprint density at radius 2 is 2.13 bits per heavy atom. The van der Waals surface area contributed by atoms with E-state index in [4.69, 9.17) is 9.47 Å². The van der Waals surface area contributed by atoms with Crippen LogP contribution >= 0.6 is 23.7 Å². The molecule has 30 heavy (non-hydrogen) atoms. The minimum absolute atomic E-state index is 0. The number of hydrogen-bond acceptors (Lipinski definition) is 8. The van der Waals surface area contributed by atoms with E-state index in [9.17, 15) is 4.79 Å². The van der Waals surface area contributed by atoms with Crippen LogP contribution in [0.25, 0.3) is 10.2 Å². The Hall–Kier alpha value is -2.33. The maximum absolute atomic E-state index is 13.2. The highest BCUT2D eigenvalue weighted by Gasteiger charge is 2.23. The number of benzene rings is 1. The van der Waals surface area contributed by atoms with Gasteiger partial charge in [0, 0.05) is 38.6 Å². The van der Waals surface area contributed by atoms with Crippen molar-refractivity contribution in [3.8, 4) is 5.75 Å². The number of nitrogens with zero attached hydrogens (tertiary/aromatic N) is 5. The van der Waals surface area contributed by atoms with Gasteiger partial charge < -0.3 is 9.47 Å². The van der Waals surface area contributed by atoms with Crippen molar-refractivity contribution in [2.24, 2.45) is 0 Å². The van der Waals surface area contributed by atoms with Crippen LogP contribution in [-0.4, -0.2) is 72.3 Å². The number of rotatable bonds is 7. The molecule has 3 aromatic rings. The van der Waals surface area contributed by atoms with Gasteiger partial charge in [-0.15, -0.1) is 12.4 Å². The zero-order valence-corrected chi connectivity index (χ0v) is 18.3. The van der Waals surface area contributed by atoms with Crippen LogP contribution in [0.4, 0.5) is 5.13 Å². The molecule has 1 saturated heterocycles. The topological polar surface area (TPSA) is 80.7 Å². The molecular formula is C20H24ClN5O3S. The van der Waals surface area contributed by atoms with E-state index in [1.807, 2.05) is 18.2 Å². The number of thiazole rings is 1. The van der Waals surface area contributed by atoms with E-state index in [1.165, 1.54) is 23.7 Å². The minimum Gasteiger partial charge on any atom is -0.497 e. The van der Waals surface area contributed by atoms with E-state index >= 15 is 0 Å². The van der Waals surface area contributed by atoms with Gasteiger partial charge in [-0.1, -0.05) is 11.3 Å². The summed E-state index contributed by atoms with van der Waals surface area (Å²) in [6, 6.07) is 5.72. The van der Waals surface area contributed by atoms with Crippen molar-refractivity contribution in [1.29, 1.82) is 0 Å². The lowest BCUT2D eigenvalue weighted by atomic mass is 10.3. The first kappa shape index (κ1) is 22.4. The maximum atomic E-state index is 13.2. The first-order valence-corrected chi connectivity index (χ1v) is 10.4. The van der Waals surface area contributed by atoms with Gasteiger partial charge in [-0.05, 0) is 24.6 Å². The van der Waals surface area contributed by atoms with Gasteiger partial charge in [-0.3, -0.25) is 19.6 Å². The fraction of sp³-hybridized carbons (Fsp3) is 0.400. The Balaban J connectivity index is 0.00000256. The third-order valence-electron chi connectivity index (χ3n) is 4.80. The van der Waals surface area contributed by atoms with Crippen molar-refractivity contribution >= 4 is 45.0 Å². The lowest BCUT2D eigenvalue weighted by molar-refractivity contribution is 0.0376. The van der Waals surface area contributed by atoms with E-state index in [0.29, 0.717) is 17.4 Å². The molecule has 0 N–H and O–H groups in total. The minimum atomic E-state index is -0.189. The summed E-state index contributed by atoms with van der Waals surface area (Å²) in [5.74, 6) is 0.581. The van der Waals surface area contributed by atoms with E-state index in [1.54, 1.807) is 18.2 Å². The number of aromatic nitrogens is 3. The molecule has 0 saturated carbocycles. The van der Waals surface area contributed by atoms with Crippen molar-refractivity contribution in [3.05, 3.63) is 42.5 Å². The quantitative estimate of drug-likeness (QED) is 0.548. The molecule has 0 unspecified atom stereocenters. The molecule has 0 aliphatic carbocycles. The van der Waals surface area contributed by atoms with Crippen molar-refractivity contribution in [1.82, 2.24) is 19.9 Å². The fourth-order valence-electron chi connectivity index (χ4n) is 3.24. The summed E-state index contributed by atoms with van der Waals surface area (Å²) in [6.45, 7) is 4.86. The Bertz CT molecular complexity index is 965. The van der Waals surface area contributed by atoms with Gasteiger partial charge in [-0.2, -0.15) is 0 Å². The van der Waals surface area contributed by atoms with Gasteiger partial charge in [0.15, 0.2) is 5.13 Å². The highest BCUT2D eigenvalue weighted by molar-refractivity contribution is 7.22. The first-order chi connectivity index (χ1) is 14.2. The van der Waals surface area contributed by atoms with Gasteiger partial charge >= 0.3 is 0 Å². The van der Waals surface area contributed by atoms with Crippen molar-refractivity contribution in [2.45, 2.75) is 6.42 Å². The van der Waals surface area contributed by atoms with Gasteiger partial charge in [0.05, 0.1) is 36.7 Å². The monoisotopic (exact) mass is 449 g/mol. The van der Waals surface area contributed by atoms with Crippen LogP contribution < -0.4 is 9.64 Å². The number of methoxy groups -OCH3 is 1. The summed E-state index contributed by atoms with van der Waals surface area (Å²) in [4.78, 5) is 30.1. The number of halogens is 1. The number of carbonyl (C=O) groups is 1. The summed E-state index contributed by atoms with van der Waals surface area (Å²) in [5.41, 5.74) is 1.16. The van der Waals surface area contributed by atoms with Gasteiger partial charge in [-0.25, -0.2) is 9.97 Å². The number of amides is 1. The standard InChI is InChI=1S/C20H23N5O3S.ClH/c1-27-15-3-4-16-18(13-15)29-20(23-16)25(19(26)17-14-21-5-6-22-17)8-2-7-24-9-11-28-12-10-24;/h3-6,13-14H,2,7-12H2,1H3;1H. The van der Waals surface area contributed by atoms with Crippen LogP contribution in [0.3, 0.4) is 0 Å². The van der Waals surface area contributed by atoms with Crippen molar-refractivity contribution in [3.63, 3.8) is 0 Å². The number of hydrogen-bond donors (Lipinski definition) is 0. The molecule has 1 aromatic carbocycles. The lowest BCUT2D eigenvalue weighted by Crippen LogP contribution is -2.39. The smallest absolute Gasteiger partial charge is 0.280 e. The highest BCUT2D eigenvalue weighted by atomic mass is 35.5. The Labute approximate surface area is 185 Å². The van der Waals surface area contributed by atoms with E-state index in [0.717, 1.165) is 55.2 Å². The molecule has 3 heterocycles. The van der Waals surface area contributed by atoms with Crippen molar-refractivity contribution < 1.29 is 14.3 Å². The number of carbonyl (C=O) groups excluding carboxylic acids is 1. The molecule has 8 nitrogen and oxygen atoms in total. The molecule has 1 aliphatic rings. The number of anilines is 1. The largest absolute Gasteiger partial charge is 0.497 e. The zero-order chi connectivity index (χ0) is 20.1. The Morgan fingerprint density at radius 1 is 1.30 bits per heavy atom. The fourth-order valence-corrected chi connectivity index (χ4v) is 4.26. The molecule has 1 aliphatic heterocycles. The van der Waals surface area contributed by atoms with E-state index < -0.39 is 0 Å². The van der Waals surface area contributed by atoms with Crippen LogP contribution in [0, 0.1) is 0 Å². The molecule has 1 amide bonds. The van der Waals surface area contributed by atoms with Gasteiger partial charge in [0.1, 0.15) is 11.4 Å². The highest BCUT2D eigenvalue weighted by Crippen LogP contribution is 2.32. The first-order valence-electron chi connectivity index (χ1n) is 9.57. The third kappa shape index (κ3) is 5.23. The molecule has 0 spiro atoms. The summed E-state index contributed by atoms with van der Waals surface area (Å²) in [6.07, 6.45) is 5.42. The van der Waals surface area contributed by atoms with Crippen LogP contribution in [0.1, 0.15) is 16.9 Å². The van der Waals surface area contributed by atoms with Crippen LogP contribution in [0.15, 0.2) is 36.8 Å². The molecule has 10 heteroatoms. The normalized spacial score (nSPS) is 14.3. The summed E-state index contributed by atoms with van der Waals surface area (Å²) >= 11 is 1.48. The average Bonchev–Trinajstić information content (AvgIpc) is 3.20. The predicted octanol–water partition coefficient (Wildman–Crippen LogP) is 2.89. The van der Waals surface area contributed by atoms with Crippen LogP contribution in [-0.2, 0) is 4.74 Å². The zero-order valence-electron chi connectivity index (χ0n) is 16.7. The predicted molar refractivity (Wildman–Crippen MR) is 119 cm³/mol. The molecule has 2 aromatic heterocycles. The van der Waals surface area contributed by atoms with Gasteiger partial charge in [0.2, 0.25) is 0 Å². The molecule has 0 radical (unpaired) electrons. The summed E-state index contributed by atoms with van der Waals surface area (Å²) in [7, 11) is 1.64. The van der Waals surface area contributed by atoms with Gasteiger partial charge in [0.25, 0.3) is 5.91 Å². The molecule has 0 bridgehead atoms. The molecule has 4 rings (SSSR count).